The lowest BCUT2D eigenvalue weighted by Crippen LogP contribution is -2.18. The smallest absolute Gasteiger partial charge is 0.161 e. The molecule has 1 aliphatic rings. The molecule has 0 aliphatic carbocycles. The average Bonchev–Trinajstić information content (AvgIpc) is 3.74. The van der Waals surface area contributed by atoms with E-state index in [1.807, 2.05) is 44.4 Å². The fourth-order valence-corrected chi connectivity index (χ4v) is 6.04. The molecule has 0 atom stereocenters. The van der Waals surface area contributed by atoms with Gasteiger partial charge in [-0.1, -0.05) is 25.3 Å². The predicted octanol–water partition coefficient (Wildman–Crippen LogP) is 7.03. The van der Waals surface area contributed by atoms with Crippen molar-refractivity contribution in [3.05, 3.63) is 94.7 Å². The molecule has 0 bridgehead atoms. The van der Waals surface area contributed by atoms with E-state index < -0.39 is 0 Å². The second-order valence-electron chi connectivity index (χ2n) is 10.0. The summed E-state index contributed by atoms with van der Waals surface area (Å²) in [7, 11) is 0. The summed E-state index contributed by atoms with van der Waals surface area (Å²) in [5, 5.41) is 7.72. The third-order valence-electron chi connectivity index (χ3n) is 7.04. The van der Waals surface area contributed by atoms with Gasteiger partial charge in [0.2, 0.25) is 0 Å². The number of rotatable bonds is 8. The number of hydrogen-bond donors (Lipinski definition) is 2. The minimum absolute atomic E-state index is 0.672. The molecule has 0 saturated carbocycles. The zero-order valence-electron chi connectivity index (χ0n) is 22.3. The van der Waals surface area contributed by atoms with Crippen LogP contribution >= 0.6 is 11.3 Å². The van der Waals surface area contributed by atoms with Crippen molar-refractivity contribution >= 4 is 33.5 Å². The number of thiophene rings is 1. The van der Waals surface area contributed by atoms with Crippen LogP contribution in [0.4, 0.5) is 0 Å². The Morgan fingerprint density at radius 2 is 1.92 bits per heavy atom. The van der Waals surface area contributed by atoms with Crippen molar-refractivity contribution in [3.8, 4) is 22.8 Å². The monoisotopic (exact) mass is 533 g/mol. The Labute approximate surface area is 232 Å². The van der Waals surface area contributed by atoms with Crippen LogP contribution in [0, 0.1) is 6.92 Å². The molecule has 1 aliphatic heterocycles. The van der Waals surface area contributed by atoms with Gasteiger partial charge >= 0.3 is 0 Å². The van der Waals surface area contributed by atoms with E-state index in [-0.39, 0.29) is 0 Å². The lowest BCUT2D eigenvalue weighted by molar-refractivity contribution is 0.331. The van der Waals surface area contributed by atoms with E-state index >= 15 is 0 Å². The molecule has 2 N–H and O–H groups in total. The van der Waals surface area contributed by atoms with E-state index in [0.29, 0.717) is 11.5 Å². The number of pyridine rings is 2. The number of hydrogen-bond acceptors (Lipinski definition) is 6. The molecule has 1 saturated heterocycles. The van der Waals surface area contributed by atoms with E-state index in [1.54, 1.807) is 17.4 Å². The molecule has 0 amide bonds. The Hall–Kier alpha value is -4.14. The van der Waals surface area contributed by atoms with Gasteiger partial charge in [0, 0.05) is 45.5 Å². The first-order valence-electron chi connectivity index (χ1n) is 13.2. The Bertz CT molecular complexity index is 1710. The number of likely N-dealkylation sites (tertiary alicyclic amines) is 1. The van der Waals surface area contributed by atoms with Crippen LogP contribution in [0.25, 0.3) is 45.0 Å². The van der Waals surface area contributed by atoms with Crippen molar-refractivity contribution in [2.24, 2.45) is 0 Å². The maximum absolute atomic E-state index is 5.01. The van der Waals surface area contributed by atoms with Crippen molar-refractivity contribution < 1.29 is 0 Å². The maximum atomic E-state index is 5.01. The summed E-state index contributed by atoms with van der Waals surface area (Å²) in [4.78, 5) is 22.7. The largest absolute Gasteiger partial charge is 0.340 e. The Balaban J connectivity index is 1.35. The van der Waals surface area contributed by atoms with Crippen LogP contribution in [0.5, 0.6) is 0 Å². The number of aromatic nitrogens is 6. The summed E-state index contributed by atoms with van der Waals surface area (Å²) in [5.41, 5.74) is 9.27. The Morgan fingerprint density at radius 3 is 2.69 bits per heavy atom. The fraction of sp³-hybridized carbons (Fsp3) is 0.226. The number of H-pyrrole nitrogens is 2. The third kappa shape index (κ3) is 5.01. The highest BCUT2D eigenvalue weighted by Crippen LogP contribution is 2.35. The number of aromatic amines is 2. The van der Waals surface area contributed by atoms with Crippen LogP contribution in [0.15, 0.2) is 68.0 Å². The van der Waals surface area contributed by atoms with Crippen molar-refractivity contribution in [1.82, 2.24) is 35.0 Å². The molecule has 6 rings (SSSR count). The summed E-state index contributed by atoms with van der Waals surface area (Å²) in [6, 6.07) is 10.4. The second kappa shape index (κ2) is 10.6. The second-order valence-corrected chi connectivity index (χ2v) is 11.1. The molecule has 39 heavy (non-hydrogen) atoms. The molecular weight excluding hydrogens is 502 g/mol. The summed E-state index contributed by atoms with van der Waals surface area (Å²) >= 11 is 1.70. The van der Waals surface area contributed by atoms with E-state index in [1.165, 1.54) is 18.4 Å². The lowest BCUT2D eigenvalue weighted by atomic mass is 10.1. The summed E-state index contributed by atoms with van der Waals surface area (Å²) in [5.74, 6) is 0.672. The van der Waals surface area contributed by atoms with Crippen molar-refractivity contribution in [3.63, 3.8) is 0 Å². The van der Waals surface area contributed by atoms with Gasteiger partial charge in [-0.25, -0.2) is 9.97 Å². The lowest BCUT2D eigenvalue weighted by Gasteiger charge is -2.14. The van der Waals surface area contributed by atoms with Crippen LogP contribution in [-0.4, -0.2) is 48.1 Å². The number of nitrogens with one attached hydrogen (secondary N) is 2. The highest BCUT2D eigenvalue weighted by molar-refractivity contribution is 7.14. The normalized spacial score (nSPS) is 14.4. The van der Waals surface area contributed by atoms with Gasteiger partial charge in [-0.2, -0.15) is 5.10 Å². The van der Waals surface area contributed by atoms with Gasteiger partial charge in [-0.3, -0.25) is 15.0 Å². The first-order valence-corrected chi connectivity index (χ1v) is 14.0. The first kappa shape index (κ1) is 25.2. The Morgan fingerprint density at radius 1 is 1.10 bits per heavy atom. The van der Waals surface area contributed by atoms with E-state index in [9.17, 15) is 0 Å². The van der Waals surface area contributed by atoms with Gasteiger partial charge in [-0.15, -0.1) is 11.3 Å². The van der Waals surface area contributed by atoms with E-state index in [0.717, 1.165) is 74.2 Å². The number of aryl methyl sites for hydroxylation is 1. The summed E-state index contributed by atoms with van der Waals surface area (Å²) < 4.78 is 0. The average molecular weight is 534 g/mol. The molecule has 1 fully saturated rings. The van der Waals surface area contributed by atoms with Crippen molar-refractivity contribution in [2.75, 3.05) is 13.1 Å². The molecule has 196 valence electrons. The zero-order valence-corrected chi connectivity index (χ0v) is 23.1. The van der Waals surface area contributed by atoms with Gasteiger partial charge in [0.05, 0.1) is 16.9 Å². The molecule has 0 radical (unpaired) electrons. The number of imidazole rings is 1. The van der Waals surface area contributed by atoms with Gasteiger partial charge in [0.15, 0.2) is 11.5 Å². The maximum Gasteiger partial charge on any atom is 0.161 e. The molecule has 6 heterocycles. The number of nitrogens with zero attached hydrogens (tertiary/aromatic N) is 5. The highest BCUT2D eigenvalue weighted by atomic mass is 32.1. The van der Waals surface area contributed by atoms with Gasteiger partial charge in [0.1, 0.15) is 5.52 Å². The van der Waals surface area contributed by atoms with Crippen LogP contribution in [0.2, 0.25) is 0 Å². The third-order valence-corrected chi connectivity index (χ3v) is 8.32. The summed E-state index contributed by atoms with van der Waals surface area (Å²) in [6.45, 7) is 15.3. The predicted molar refractivity (Wildman–Crippen MR) is 160 cm³/mol. The molecular formula is C31H31N7S. The van der Waals surface area contributed by atoms with Crippen molar-refractivity contribution in [2.45, 2.75) is 33.2 Å². The van der Waals surface area contributed by atoms with Crippen LogP contribution in [-0.2, 0) is 6.54 Å². The van der Waals surface area contributed by atoms with Gasteiger partial charge in [-0.05, 0) is 81.2 Å². The summed E-state index contributed by atoms with van der Waals surface area (Å²) in [6.07, 6.45) is 10.2. The van der Waals surface area contributed by atoms with Crippen LogP contribution < -0.4 is 0 Å². The van der Waals surface area contributed by atoms with Gasteiger partial charge < -0.3 is 4.98 Å². The molecule has 0 spiro atoms. The fourth-order valence-electron chi connectivity index (χ4n) is 5.08. The molecule has 5 aromatic heterocycles. The number of fused-ring (bicyclic) bond motifs is 1. The van der Waals surface area contributed by atoms with E-state index in [4.69, 9.17) is 9.97 Å². The standard InChI is InChI=1S/C31H31N7S/c1-5-8-23(27-12-11-26(39-27)19(2)3)28-20(4)33-31(35-28)30-29-25(36-37-30)10-9-24(34-29)22-15-21(16-32-17-22)18-38-13-6-7-14-38/h5,8-12,15-17H,1-2,6-7,13-14,18H2,3-4H3,(H,33,35)(H,36,37)/b23-8-. The van der Waals surface area contributed by atoms with Crippen LogP contribution in [0.3, 0.4) is 0 Å². The quantitative estimate of drug-likeness (QED) is 0.209. The van der Waals surface area contributed by atoms with Crippen molar-refractivity contribution in [1.29, 1.82) is 0 Å². The zero-order chi connectivity index (χ0) is 26.9. The topological polar surface area (TPSA) is 86.4 Å². The minimum atomic E-state index is 0.672. The minimum Gasteiger partial charge on any atom is -0.340 e. The number of allylic oxidation sites excluding steroid dienone is 3. The van der Waals surface area contributed by atoms with Crippen LogP contribution in [0.1, 0.15) is 46.5 Å². The van der Waals surface area contributed by atoms with Gasteiger partial charge in [0.25, 0.3) is 0 Å². The molecule has 8 heteroatoms. The SMILES string of the molecule is C=C/C=C(/c1ccc(C(=C)C)s1)c1nc(-c2n[nH]c3ccc(-c4cncc(CN5CCCC5)c4)nc23)[nH]c1C. The molecule has 0 aromatic carbocycles. The highest BCUT2D eigenvalue weighted by Gasteiger charge is 2.20. The Kier molecular flexibility index (Phi) is 6.81. The first-order chi connectivity index (χ1) is 19.0. The molecule has 0 unspecified atom stereocenters. The molecule has 5 aromatic rings. The van der Waals surface area contributed by atoms with E-state index in [2.05, 4.69) is 56.4 Å². The molecule has 7 nitrogen and oxygen atoms in total.